The van der Waals surface area contributed by atoms with Crippen LogP contribution < -0.4 is 0 Å². The Labute approximate surface area is 359 Å². The molecule has 4 heteroatoms. The van der Waals surface area contributed by atoms with Gasteiger partial charge in [-0.2, -0.15) is 0 Å². The predicted molar refractivity (Wildman–Crippen MR) is 256 cm³/mol. The van der Waals surface area contributed by atoms with E-state index in [2.05, 4.69) is 218 Å². The zero-order valence-corrected chi connectivity index (χ0v) is 33.9. The monoisotopic (exact) mass is 795 g/mol. The lowest BCUT2D eigenvalue weighted by Crippen LogP contribution is -2.01. The normalized spacial score (nSPS) is 11.3. The van der Waals surface area contributed by atoms with E-state index in [1.165, 1.54) is 20.2 Å². The van der Waals surface area contributed by atoms with Crippen LogP contribution in [0.15, 0.2) is 224 Å². The first-order chi connectivity index (χ1) is 30.3. The third-order valence-electron chi connectivity index (χ3n) is 11.3. The standard InChI is InChI=1S/C57H37N3S/c1-6-19-38(20-7-1)48-37-49(59-57(58-48)47-31-18-30-46-45-29-16-17-32-50(45)61-56(46)47)39-33-35-42(36-34-39)51-52(40-21-8-2-9-22-40)54(43-25-12-4-13-26-43)60-55(44-27-14-5-15-28-44)53(51)41-23-10-3-11-24-41/h1-37H. The molecule has 3 heterocycles. The fourth-order valence-electron chi connectivity index (χ4n) is 8.46. The van der Waals surface area contributed by atoms with E-state index in [4.69, 9.17) is 15.0 Å². The Morgan fingerprint density at radius 2 is 0.705 bits per heavy atom. The average Bonchev–Trinajstić information content (AvgIpc) is 3.74. The van der Waals surface area contributed by atoms with Crippen molar-refractivity contribution in [2.24, 2.45) is 0 Å². The van der Waals surface area contributed by atoms with Gasteiger partial charge in [0.05, 0.1) is 22.8 Å². The van der Waals surface area contributed by atoms with E-state index in [-0.39, 0.29) is 0 Å². The van der Waals surface area contributed by atoms with Gasteiger partial charge >= 0.3 is 0 Å². The van der Waals surface area contributed by atoms with Crippen molar-refractivity contribution in [1.29, 1.82) is 0 Å². The number of thiophene rings is 1. The predicted octanol–water partition coefficient (Wildman–Crippen LogP) is 15.6. The summed E-state index contributed by atoms with van der Waals surface area (Å²) in [6, 6.07) is 79.1. The first-order valence-electron chi connectivity index (χ1n) is 20.5. The maximum Gasteiger partial charge on any atom is 0.161 e. The third kappa shape index (κ3) is 6.79. The molecule has 3 nitrogen and oxygen atoms in total. The maximum atomic E-state index is 5.61. The average molecular weight is 796 g/mol. The summed E-state index contributed by atoms with van der Waals surface area (Å²) in [5.74, 6) is 0.712. The molecule has 0 saturated carbocycles. The van der Waals surface area contributed by atoms with Crippen LogP contribution in [0, 0.1) is 0 Å². The number of rotatable bonds is 8. The molecule has 8 aromatic carbocycles. The van der Waals surface area contributed by atoms with Crippen LogP contribution >= 0.6 is 11.3 Å². The molecule has 0 atom stereocenters. The minimum Gasteiger partial charge on any atom is -0.246 e. The Hall–Kier alpha value is -7.79. The molecule has 0 amide bonds. The second kappa shape index (κ2) is 15.8. The lowest BCUT2D eigenvalue weighted by Gasteiger charge is -2.23. The molecule has 0 aliphatic carbocycles. The number of pyridine rings is 1. The first kappa shape index (κ1) is 36.3. The SMILES string of the molecule is c1ccc(-c2cc(-c3ccc(-c4c(-c5ccccc5)c(-c5ccccc5)nc(-c5ccccc5)c4-c4ccccc4)cc3)nc(-c3cccc4c3sc3ccccc34)n2)cc1. The molecule has 0 spiro atoms. The summed E-state index contributed by atoms with van der Waals surface area (Å²) in [7, 11) is 0. The van der Waals surface area contributed by atoms with E-state index in [9.17, 15) is 0 Å². The van der Waals surface area contributed by atoms with Crippen molar-refractivity contribution < 1.29 is 0 Å². The molecule has 0 bridgehead atoms. The fourth-order valence-corrected chi connectivity index (χ4v) is 9.67. The lowest BCUT2D eigenvalue weighted by atomic mass is 9.83. The fraction of sp³-hybridized carbons (Fsp3) is 0. The second-order valence-corrected chi connectivity index (χ2v) is 16.1. The number of nitrogens with zero attached hydrogens (tertiary/aromatic N) is 3. The Kier molecular flexibility index (Phi) is 9.38. The van der Waals surface area contributed by atoms with Gasteiger partial charge in [0.15, 0.2) is 5.82 Å². The summed E-state index contributed by atoms with van der Waals surface area (Å²) < 4.78 is 2.45. The lowest BCUT2D eigenvalue weighted by molar-refractivity contribution is 1.19. The van der Waals surface area contributed by atoms with Crippen LogP contribution in [0.5, 0.6) is 0 Å². The van der Waals surface area contributed by atoms with Crippen molar-refractivity contribution in [3.05, 3.63) is 224 Å². The molecule has 0 aliphatic heterocycles. The van der Waals surface area contributed by atoms with Gasteiger partial charge < -0.3 is 0 Å². The van der Waals surface area contributed by atoms with Gasteiger partial charge in [-0.25, -0.2) is 15.0 Å². The topological polar surface area (TPSA) is 38.7 Å². The van der Waals surface area contributed by atoms with Crippen LogP contribution in [0.25, 0.3) is 110 Å². The quantitative estimate of drug-likeness (QED) is 0.154. The van der Waals surface area contributed by atoms with Gasteiger partial charge in [-0.1, -0.05) is 206 Å². The molecule has 0 aliphatic rings. The number of aromatic nitrogens is 3. The Morgan fingerprint density at radius 1 is 0.295 bits per heavy atom. The zero-order chi connectivity index (χ0) is 40.5. The van der Waals surface area contributed by atoms with Gasteiger partial charge in [-0.05, 0) is 34.9 Å². The first-order valence-corrected chi connectivity index (χ1v) is 21.3. The number of hydrogen-bond donors (Lipinski definition) is 0. The van der Waals surface area contributed by atoms with Crippen LogP contribution in [0.1, 0.15) is 0 Å². The van der Waals surface area contributed by atoms with Crippen LogP contribution in [0.3, 0.4) is 0 Å². The molecule has 286 valence electrons. The molecule has 0 fully saturated rings. The Morgan fingerprint density at radius 3 is 1.25 bits per heavy atom. The van der Waals surface area contributed by atoms with Crippen molar-refractivity contribution in [2.75, 3.05) is 0 Å². The molecular weight excluding hydrogens is 759 g/mol. The molecule has 0 unspecified atom stereocenters. The summed E-state index contributed by atoms with van der Waals surface area (Å²) in [5.41, 5.74) is 15.4. The van der Waals surface area contributed by atoms with Crippen molar-refractivity contribution in [1.82, 2.24) is 15.0 Å². The molecule has 11 aromatic rings. The summed E-state index contributed by atoms with van der Waals surface area (Å²) in [4.78, 5) is 16.2. The van der Waals surface area contributed by atoms with Crippen molar-refractivity contribution >= 4 is 31.5 Å². The van der Waals surface area contributed by atoms with Crippen LogP contribution in [0.4, 0.5) is 0 Å². The van der Waals surface area contributed by atoms with Gasteiger partial charge in [0.1, 0.15) is 0 Å². The highest BCUT2D eigenvalue weighted by atomic mass is 32.1. The highest BCUT2D eigenvalue weighted by Crippen LogP contribution is 2.49. The molecule has 3 aromatic heterocycles. The van der Waals surface area contributed by atoms with Crippen molar-refractivity contribution in [3.63, 3.8) is 0 Å². The van der Waals surface area contributed by atoms with Crippen LogP contribution in [-0.2, 0) is 0 Å². The smallest absolute Gasteiger partial charge is 0.161 e. The van der Waals surface area contributed by atoms with Crippen LogP contribution in [0.2, 0.25) is 0 Å². The minimum atomic E-state index is 0.712. The van der Waals surface area contributed by atoms with E-state index >= 15 is 0 Å². The van der Waals surface area contributed by atoms with Gasteiger partial charge in [-0.3, -0.25) is 0 Å². The molecule has 61 heavy (non-hydrogen) atoms. The zero-order valence-electron chi connectivity index (χ0n) is 33.1. The van der Waals surface area contributed by atoms with E-state index in [1.54, 1.807) is 11.3 Å². The largest absolute Gasteiger partial charge is 0.246 e. The Bertz CT molecular complexity index is 3210. The summed E-state index contributed by atoms with van der Waals surface area (Å²) in [6.07, 6.45) is 0. The molecule has 0 radical (unpaired) electrons. The second-order valence-electron chi connectivity index (χ2n) is 15.1. The number of benzene rings is 8. The summed E-state index contributed by atoms with van der Waals surface area (Å²) in [6.45, 7) is 0. The Balaban J connectivity index is 1.15. The molecule has 0 N–H and O–H groups in total. The highest BCUT2D eigenvalue weighted by molar-refractivity contribution is 7.26. The van der Waals surface area contributed by atoms with Gasteiger partial charge in [-0.15, -0.1) is 11.3 Å². The van der Waals surface area contributed by atoms with Gasteiger partial charge in [0.2, 0.25) is 0 Å². The van der Waals surface area contributed by atoms with Crippen molar-refractivity contribution in [3.8, 4) is 89.8 Å². The van der Waals surface area contributed by atoms with E-state index in [0.29, 0.717) is 5.82 Å². The van der Waals surface area contributed by atoms with E-state index < -0.39 is 0 Å². The third-order valence-corrected chi connectivity index (χ3v) is 12.5. The number of hydrogen-bond acceptors (Lipinski definition) is 4. The summed E-state index contributed by atoms with van der Waals surface area (Å²) in [5, 5.41) is 2.48. The molecule has 0 saturated heterocycles. The van der Waals surface area contributed by atoms with E-state index in [0.717, 1.165) is 84.0 Å². The molecule has 11 rings (SSSR count). The van der Waals surface area contributed by atoms with Gasteiger partial charge in [0, 0.05) is 64.7 Å². The van der Waals surface area contributed by atoms with Gasteiger partial charge in [0.25, 0.3) is 0 Å². The highest BCUT2D eigenvalue weighted by Gasteiger charge is 2.25. The maximum absolute atomic E-state index is 5.61. The summed E-state index contributed by atoms with van der Waals surface area (Å²) >= 11 is 1.80. The van der Waals surface area contributed by atoms with E-state index in [1.807, 2.05) is 6.07 Å². The minimum absolute atomic E-state index is 0.712. The number of fused-ring (bicyclic) bond motifs is 3. The van der Waals surface area contributed by atoms with Crippen LogP contribution in [-0.4, -0.2) is 15.0 Å². The van der Waals surface area contributed by atoms with Crippen molar-refractivity contribution in [2.45, 2.75) is 0 Å². The molecular formula is C57H37N3S.